The van der Waals surface area contributed by atoms with Crippen molar-refractivity contribution in [2.24, 2.45) is 0 Å². The maximum Gasteiger partial charge on any atom is 0.305 e. The molecule has 0 aliphatic rings. The number of allylic oxidation sites excluding steroid dienone is 4. The number of unbranched alkanes of at least 4 members (excludes halogenated alkanes) is 22. The number of aliphatic hydroxyl groups excluding tert-OH is 4. The van der Waals surface area contributed by atoms with Gasteiger partial charge in [-0.3, -0.25) is 9.59 Å². The molecule has 8 nitrogen and oxygen atoms in total. The van der Waals surface area contributed by atoms with Gasteiger partial charge < -0.3 is 29.9 Å². The summed E-state index contributed by atoms with van der Waals surface area (Å²) in [5, 5.41) is 35.4. The molecule has 0 bridgehead atoms. The minimum Gasteiger partial charge on any atom is -0.463 e. The van der Waals surface area contributed by atoms with E-state index in [1.54, 1.807) is 0 Å². The third-order valence-electron chi connectivity index (χ3n) is 8.58. The van der Waals surface area contributed by atoms with Crippen LogP contribution < -0.4 is 0 Å². The zero-order valence-corrected chi connectivity index (χ0v) is 32.5. The van der Waals surface area contributed by atoms with Gasteiger partial charge in [-0.15, -0.1) is 0 Å². The molecule has 0 aromatic carbocycles. The molecular weight excluding hydrogens is 632 g/mol. The molecular formula is C42H80O8. The molecule has 0 aliphatic heterocycles. The Bertz CT molecular complexity index is 692. The molecule has 2 atom stereocenters. The lowest BCUT2D eigenvalue weighted by Crippen LogP contribution is -2.21. The van der Waals surface area contributed by atoms with E-state index in [1.807, 2.05) is 0 Å². The van der Waals surface area contributed by atoms with Crippen molar-refractivity contribution in [1.82, 2.24) is 0 Å². The molecule has 0 spiro atoms. The summed E-state index contributed by atoms with van der Waals surface area (Å²) in [6, 6.07) is 0. The summed E-state index contributed by atoms with van der Waals surface area (Å²) < 4.78 is 9.71. The van der Waals surface area contributed by atoms with Gasteiger partial charge in [0.1, 0.15) is 25.4 Å². The molecule has 0 aromatic rings. The Morgan fingerprint density at radius 2 is 0.700 bits per heavy atom. The molecule has 8 heteroatoms. The lowest BCUT2D eigenvalue weighted by Gasteiger charge is -2.08. The average molecular weight is 713 g/mol. The zero-order valence-electron chi connectivity index (χ0n) is 32.5. The van der Waals surface area contributed by atoms with Gasteiger partial charge in [-0.2, -0.15) is 0 Å². The van der Waals surface area contributed by atoms with Crippen LogP contribution in [0.5, 0.6) is 0 Å². The van der Waals surface area contributed by atoms with E-state index >= 15 is 0 Å². The van der Waals surface area contributed by atoms with Crippen LogP contribution in [0.2, 0.25) is 0 Å². The van der Waals surface area contributed by atoms with Gasteiger partial charge in [-0.25, -0.2) is 0 Å². The van der Waals surface area contributed by atoms with Crippen LogP contribution in [0, 0.1) is 0 Å². The summed E-state index contributed by atoms with van der Waals surface area (Å²) in [6.45, 7) is 3.54. The summed E-state index contributed by atoms with van der Waals surface area (Å²) in [5.74, 6) is -0.574. The topological polar surface area (TPSA) is 134 Å². The maximum absolute atomic E-state index is 11.4. The molecule has 4 N–H and O–H groups in total. The Hall–Kier alpha value is -1.74. The number of carbonyl (C=O) groups is 2. The molecule has 296 valence electrons. The number of rotatable bonds is 36. The van der Waals surface area contributed by atoms with E-state index in [0.717, 1.165) is 51.4 Å². The van der Waals surface area contributed by atoms with Gasteiger partial charge in [0.05, 0.1) is 13.2 Å². The first-order valence-electron chi connectivity index (χ1n) is 20.6. The number of aliphatic hydroxyl groups is 4. The predicted octanol–water partition coefficient (Wildman–Crippen LogP) is 9.84. The van der Waals surface area contributed by atoms with Crippen LogP contribution in [0.3, 0.4) is 0 Å². The molecule has 0 aliphatic carbocycles. The first-order chi connectivity index (χ1) is 24.4. The highest BCUT2D eigenvalue weighted by Crippen LogP contribution is 2.12. The van der Waals surface area contributed by atoms with Crippen LogP contribution in [0.1, 0.15) is 194 Å². The molecule has 0 fully saturated rings. The van der Waals surface area contributed by atoms with E-state index < -0.39 is 12.2 Å². The molecule has 50 heavy (non-hydrogen) atoms. The van der Waals surface area contributed by atoms with Crippen molar-refractivity contribution in [2.75, 3.05) is 26.4 Å². The van der Waals surface area contributed by atoms with E-state index in [2.05, 4.69) is 38.2 Å². The van der Waals surface area contributed by atoms with E-state index in [1.165, 1.54) is 116 Å². The minimum atomic E-state index is -0.960. The van der Waals surface area contributed by atoms with Gasteiger partial charge in [0.15, 0.2) is 0 Å². The van der Waals surface area contributed by atoms with Gasteiger partial charge in [-0.05, 0) is 64.2 Å². The number of hydrogen-bond acceptors (Lipinski definition) is 8. The first-order valence-corrected chi connectivity index (χ1v) is 20.6. The number of carbonyl (C=O) groups excluding carboxylic acids is 2. The van der Waals surface area contributed by atoms with Gasteiger partial charge in [0, 0.05) is 12.8 Å². The maximum atomic E-state index is 11.4. The Morgan fingerprint density at radius 1 is 0.440 bits per heavy atom. The average Bonchev–Trinajstić information content (AvgIpc) is 3.12. The van der Waals surface area contributed by atoms with Crippen molar-refractivity contribution in [3.63, 3.8) is 0 Å². The van der Waals surface area contributed by atoms with Crippen molar-refractivity contribution < 1.29 is 39.5 Å². The van der Waals surface area contributed by atoms with Crippen LogP contribution in [0.4, 0.5) is 0 Å². The van der Waals surface area contributed by atoms with Crippen LogP contribution in [-0.4, -0.2) is 71.0 Å². The molecule has 0 heterocycles. The molecule has 0 saturated heterocycles. The van der Waals surface area contributed by atoms with Crippen LogP contribution in [0.25, 0.3) is 0 Å². The highest BCUT2D eigenvalue weighted by molar-refractivity contribution is 5.69. The molecule has 2 unspecified atom stereocenters. The van der Waals surface area contributed by atoms with Crippen molar-refractivity contribution >= 4 is 11.9 Å². The molecule has 0 saturated carbocycles. The fraction of sp³-hybridized carbons (Fsp3) is 0.857. The minimum absolute atomic E-state index is 0.111. The highest BCUT2D eigenvalue weighted by Gasteiger charge is 2.08. The molecule has 0 radical (unpaired) electrons. The highest BCUT2D eigenvalue weighted by atomic mass is 16.5. The number of esters is 2. The Balaban J connectivity index is 0. The number of hydrogen-bond donors (Lipinski definition) is 4. The van der Waals surface area contributed by atoms with Crippen LogP contribution in [-0.2, 0) is 19.1 Å². The standard InChI is InChI=1S/2C21H40O4/c2*1-2-3-4-5-6-7-8-9-10-11-12-13-14-15-16-17-21(24)25-19-20(23)18-22/h2*9-10,20,22-23H,2-8,11-19H2,1H3. The van der Waals surface area contributed by atoms with Crippen molar-refractivity contribution in [2.45, 2.75) is 206 Å². The van der Waals surface area contributed by atoms with E-state index in [-0.39, 0.29) is 38.4 Å². The largest absolute Gasteiger partial charge is 0.463 e. The summed E-state index contributed by atoms with van der Waals surface area (Å²) in [7, 11) is 0. The fourth-order valence-corrected chi connectivity index (χ4v) is 5.31. The second-order valence-electron chi connectivity index (χ2n) is 13.7. The molecule has 0 amide bonds. The van der Waals surface area contributed by atoms with Crippen LogP contribution in [0.15, 0.2) is 24.3 Å². The smallest absolute Gasteiger partial charge is 0.305 e. The Labute approximate surface area is 307 Å². The van der Waals surface area contributed by atoms with E-state index in [0.29, 0.717) is 12.8 Å². The molecule has 0 rings (SSSR count). The lowest BCUT2D eigenvalue weighted by molar-refractivity contribution is -0.148. The van der Waals surface area contributed by atoms with E-state index in [9.17, 15) is 9.59 Å². The summed E-state index contributed by atoms with van der Waals surface area (Å²) in [6.07, 6.45) is 40.2. The zero-order chi connectivity index (χ0) is 37.2. The third-order valence-corrected chi connectivity index (χ3v) is 8.58. The number of ether oxygens (including phenoxy) is 2. The fourth-order valence-electron chi connectivity index (χ4n) is 5.31. The first kappa shape index (κ1) is 50.4. The third kappa shape index (κ3) is 44.3. The quantitative estimate of drug-likeness (QED) is 0.0287. The van der Waals surface area contributed by atoms with Gasteiger partial charge in [0.25, 0.3) is 0 Å². The monoisotopic (exact) mass is 713 g/mol. The van der Waals surface area contributed by atoms with Gasteiger partial charge in [-0.1, -0.05) is 141 Å². The summed E-state index contributed by atoms with van der Waals surface area (Å²) in [4.78, 5) is 22.7. The van der Waals surface area contributed by atoms with Gasteiger partial charge >= 0.3 is 11.9 Å². The van der Waals surface area contributed by atoms with Gasteiger partial charge in [0.2, 0.25) is 0 Å². The lowest BCUT2D eigenvalue weighted by atomic mass is 10.1. The summed E-state index contributed by atoms with van der Waals surface area (Å²) in [5.41, 5.74) is 0. The predicted molar refractivity (Wildman–Crippen MR) is 207 cm³/mol. The van der Waals surface area contributed by atoms with E-state index in [4.69, 9.17) is 29.9 Å². The van der Waals surface area contributed by atoms with Crippen molar-refractivity contribution in [1.29, 1.82) is 0 Å². The second kappa shape index (κ2) is 43.4. The molecule has 0 aromatic heterocycles. The van der Waals surface area contributed by atoms with Crippen molar-refractivity contribution in [3.05, 3.63) is 24.3 Å². The van der Waals surface area contributed by atoms with Crippen molar-refractivity contribution in [3.8, 4) is 0 Å². The second-order valence-corrected chi connectivity index (χ2v) is 13.7. The SMILES string of the molecule is CCCCCCCCC=CCCCCCCCC(=O)OCC(O)CO.CCCCCCCCC=CCCCCCCCC(=O)OCC(O)CO. The Morgan fingerprint density at radius 3 is 0.980 bits per heavy atom. The summed E-state index contributed by atoms with van der Waals surface area (Å²) >= 11 is 0. The van der Waals surface area contributed by atoms with Crippen LogP contribution >= 0.6 is 0 Å². The normalized spacial score (nSPS) is 12.6. The Kier molecular flexibility index (Phi) is 43.7.